The molecule has 1 aromatic rings. The fourth-order valence-corrected chi connectivity index (χ4v) is 12.6. The summed E-state index contributed by atoms with van der Waals surface area (Å²) < 4.78 is 96.3. The molecule has 1 saturated heterocycles. The van der Waals surface area contributed by atoms with Gasteiger partial charge in [0.05, 0.1) is 24.7 Å². The lowest BCUT2D eigenvalue weighted by Gasteiger charge is -2.49. The maximum absolute atomic E-state index is 12.9. The van der Waals surface area contributed by atoms with Gasteiger partial charge >= 0.3 is 15.6 Å². The summed E-state index contributed by atoms with van der Waals surface area (Å²) in [6.45, 7) is 14.8. The van der Waals surface area contributed by atoms with Crippen molar-refractivity contribution in [2.45, 2.75) is 120 Å². The SMILES string of the molecule is CO[C@@H](/C=C/C(C)=C/[C@@H](O[Si](C(C)C)(C(C)C)C(C)C)[C@H]1C[C@@H](CO)C[C@](Cc2nc(OS(=O)(=O)C(F)(F)F)co2)(OC)O1)C/C=C/Cl. The Kier molecular flexibility index (Phi) is 15.9. The standard InChI is InChI=1S/C32H51ClF3NO9SSi/c1-21(2)48(22(3)4,23(5)6)46-28(15-24(7)12-13-26(41-8)11-10-14-33)27-16-25(19-38)17-31(42-9,44-27)18-29-37-30(20-43-29)45-47(39,40)32(34,35)36/h10,12-15,20-23,25-28,38H,11,16-19H2,1-9H3/b13-12+,14-10+,24-15+/t25-,26-,27-,28-,31+/m1/s1. The van der Waals surface area contributed by atoms with E-state index in [9.17, 15) is 26.7 Å². The summed E-state index contributed by atoms with van der Waals surface area (Å²) in [5.74, 6) is -2.83. The molecule has 0 bridgehead atoms. The number of alkyl halides is 3. The molecule has 5 atom stereocenters. The lowest BCUT2D eigenvalue weighted by molar-refractivity contribution is -0.291. The van der Waals surface area contributed by atoms with E-state index in [4.69, 9.17) is 34.7 Å². The second-order valence-corrected chi connectivity index (χ2v) is 20.2. The second kappa shape index (κ2) is 18.0. The number of rotatable bonds is 18. The molecule has 1 aliphatic rings. The number of aromatic nitrogens is 1. The number of aliphatic hydroxyl groups excluding tert-OH is 1. The molecule has 0 aromatic carbocycles. The Bertz CT molecular complexity index is 1330. The van der Waals surface area contributed by atoms with E-state index in [1.165, 1.54) is 12.6 Å². The van der Waals surface area contributed by atoms with E-state index in [1.807, 2.05) is 25.2 Å². The molecule has 1 N–H and O–H groups in total. The number of aliphatic hydroxyl groups is 1. The van der Waals surface area contributed by atoms with E-state index < -0.39 is 47.8 Å². The molecule has 0 unspecified atom stereocenters. The van der Waals surface area contributed by atoms with Crippen LogP contribution in [0.5, 0.6) is 5.88 Å². The molecule has 0 saturated carbocycles. The van der Waals surface area contributed by atoms with Crippen LogP contribution in [-0.4, -0.2) is 77.3 Å². The van der Waals surface area contributed by atoms with Gasteiger partial charge in [-0.1, -0.05) is 83.0 Å². The summed E-state index contributed by atoms with van der Waals surface area (Å²) >= 11 is 5.70. The molecule has 1 aliphatic heterocycles. The van der Waals surface area contributed by atoms with Crippen LogP contribution in [0.4, 0.5) is 13.2 Å². The Morgan fingerprint density at radius 2 is 1.81 bits per heavy atom. The number of ether oxygens (including phenoxy) is 3. The minimum atomic E-state index is -5.95. The summed E-state index contributed by atoms with van der Waals surface area (Å²) in [5, 5.41) is 10.4. The average Bonchev–Trinajstić information content (AvgIpc) is 3.43. The van der Waals surface area contributed by atoms with Gasteiger partial charge in [0, 0.05) is 32.8 Å². The number of allylic oxidation sites excluding steroid dienone is 2. The largest absolute Gasteiger partial charge is 0.534 e. The van der Waals surface area contributed by atoms with E-state index in [0.717, 1.165) is 5.57 Å². The molecule has 16 heteroatoms. The molecule has 1 aromatic heterocycles. The van der Waals surface area contributed by atoms with Crippen LogP contribution in [0.3, 0.4) is 0 Å². The monoisotopic (exact) mass is 745 g/mol. The van der Waals surface area contributed by atoms with Crippen molar-refractivity contribution in [1.82, 2.24) is 4.98 Å². The molecule has 1 fully saturated rings. The van der Waals surface area contributed by atoms with Gasteiger partial charge < -0.3 is 32.3 Å². The van der Waals surface area contributed by atoms with Crippen LogP contribution in [0.25, 0.3) is 0 Å². The minimum Gasteiger partial charge on any atom is -0.445 e. The van der Waals surface area contributed by atoms with Gasteiger partial charge in [0.25, 0.3) is 5.88 Å². The van der Waals surface area contributed by atoms with Crippen molar-refractivity contribution in [2.24, 2.45) is 5.92 Å². The maximum Gasteiger partial charge on any atom is 0.534 e. The molecule has 0 spiro atoms. The summed E-state index contributed by atoms with van der Waals surface area (Å²) in [6, 6.07) is 0. The first-order chi connectivity index (χ1) is 22.3. The van der Waals surface area contributed by atoms with Crippen LogP contribution in [0, 0.1) is 5.92 Å². The maximum atomic E-state index is 12.9. The quantitative estimate of drug-likeness (QED) is 0.0689. The van der Waals surface area contributed by atoms with Crippen molar-refractivity contribution < 1.29 is 53.9 Å². The van der Waals surface area contributed by atoms with E-state index in [-0.39, 0.29) is 54.0 Å². The first kappa shape index (κ1) is 42.4. The third-order valence-corrected chi connectivity index (χ3v) is 16.0. The highest BCUT2D eigenvalue weighted by molar-refractivity contribution is 7.87. The number of nitrogens with zero attached hydrogens (tertiary/aromatic N) is 1. The first-order valence-electron chi connectivity index (χ1n) is 15.9. The Morgan fingerprint density at radius 3 is 2.31 bits per heavy atom. The molecule has 10 nitrogen and oxygen atoms in total. The van der Waals surface area contributed by atoms with Crippen molar-refractivity contribution >= 4 is 30.0 Å². The smallest absolute Gasteiger partial charge is 0.445 e. The van der Waals surface area contributed by atoms with E-state index in [2.05, 4.69) is 50.7 Å². The summed E-state index contributed by atoms with van der Waals surface area (Å²) in [4.78, 5) is 3.80. The zero-order chi connectivity index (χ0) is 36.5. The normalized spacial score (nSPS) is 23.2. The van der Waals surface area contributed by atoms with Crippen molar-refractivity contribution in [1.29, 1.82) is 0 Å². The van der Waals surface area contributed by atoms with E-state index >= 15 is 0 Å². The highest BCUT2D eigenvalue weighted by Gasteiger charge is 2.51. The van der Waals surface area contributed by atoms with Gasteiger partial charge in [-0.05, 0) is 42.3 Å². The molecule has 2 rings (SSSR count). The number of hydrogen-bond donors (Lipinski definition) is 1. The van der Waals surface area contributed by atoms with E-state index in [1.54, 1.807) is 13.2 Å². The molecule has 2 heterocycles. The van der Waals surface area contributed by atoms with Gasteiger partial charge in [-0.25, -0.2) is 0 Å². The third-order valence-electron chi connectivity index (χ3n) is 8.77. The van der Waals surface area contributed by atoms with Crippen LogP contribution >= 0.6 is 11.6 Å². The summed E-state index contributed by atoms with van der Waals surface area (Å²) in [7, 11) is -5.44. The summed E-state index contributed by atoms with van der Waals surface area (Å²) in [6.07, 6.45) is 7.90. The Balaban J connectivity index is 2.57. The molecule has 48 heavy (non-hydrogen) atoms. The predicted molar refractivity (Wildman–Crippen MR) is 179 cm³/mol. The fraction of sp³-hybridized carbons (Fsp3) is 0.719. The van der Waals surface area contributed by atoms with Crippen LogP contribution < -0.4 is 4.18 Å². The average molecular weight is 746 g/mol. The minimum absolute atomic E-state index is 0.180. The van der Waals surface area contributed by atoms with Gasteiger partial charge in [-0.3, -0.25) is 0 Å². The van der Waals surface area contributed by atoms with Gasteiger partial charge in [0.1, 0.15) is 0 Å². The molecule has 0 aliphatic carbocycles. The van der Waals surface area contributed by atoms with Crippen molar-refractivity contribution in [3.05, 3.63) is 47.6 Å². The molecule has 276 valence electrons. The zero-order valence-electron chi connectivity index (χ0n) is 29.1. The summed E-state index contributed by atoms with van der Waals surface area (Å²) in [5.41, 5.74) is -2.59. The van der Waals surface area contributed by atoms with Crippen molar-refractivity contribution in [3.63, 3.8) is 0 Å². The zero-order valence-corrected chi connectivity index (χ0v) is 31.7. The van der Waals surface area contributed by atoms with Crippen molar-refractivity contribution in [2.75, 3.05) is 20.8 Å². The van der Waals surface area contributed by atoms with Crippen LogP contribution in [-0.2, 0) is 35.2 Å². The third kappa shape index (κ3) is 10.9. The molecular formula is C32H51ClF3NO9SSi. The highest BCUT2D eigenvalue weighted by Crippen LogP contribution is 2.46. The molecular weight excluding hydrogens is 695 g/mol. The Hall–Kier alpha value is -1.72. The number of oxazole rings is 1. The van der Waals surface area contributed by atoms with Gasteiger partial charge in [-0.15, -0.1) is 0 Å². The second-order valence-electron chi connectivity index (χ2n) is 13.0. The Morgan fingerprint density at radius 1 is 1.19 bits per heavy atom. The van der Waals surface area contributed by atoms with Crippen molar-refractivity contribution in [3.8, 4) is 5.88 Å². The molecule has 0 amide bonds. The van der Waals surface area contributed by atoms with Crippen LogP contribution in [0.15, 0.2) is 46.1 Å². The highest BCUT2D eigenvalue weighted by atomic mass is 35.5. The van der Waals surface area contributed by atoms with Gasteiger partial charge in [0.15, 0.2) is 12.1 Å². The van der Waals surface area contributed by atoms with Crippen LogP contribution in [0.1, 0.15) is 73.6 Å². The lowest BCUT2D eigenvalue weighted by Crippen LogP contribution is -2.56. The number of methoxy groups -OCH3 is 2. The lowest BCUT2D eigenvalue weighted by atomic mass is 9.86. The van der Waals surface area contributed by atoms with Gasteiger partial charge in [0.2, 0.25) is 14.2 Å². The number of halogens is 4. The molecule has 0 radical (unpaired) electrons. The first-order valence-corrected chi connectivity index (χ1v) is 19.9. The topological polar surface area (TPSA) is 127 Å². The predicted octanol–water partition coefficient (Wildman–Crippen LogP) is 7.80. The van der Waals surface area contributed by atoms with Crippen LogP contribution in [0.2, 0.25) is 16.6 Å². The number of hydrogen-bond acceptors (Lipinski definition) is 10. The van der Waals surface area contributed by atoms with E-state index in [0.29, 0.717) is 19.1 Å². The Labute approximate surface area is 288 Å². The fourth-order valence-electron chi connectivity index (χ4n) is 6.56. The van der Waals surface area contributed by atoms with Gasteiger partial charge in [-0.2, -0.15) is 26.6 Å².